The Morgan fingerprint density at radius 2 is 2.28 bits per heavy atom. The lowest BCUT2D eigenvalue weighted by Crippen LogP contribution is -2.33. The fourth-order valence-electron chi connectivity index (χ4n) is 2.46. The summed E-state index contributed by atoms with van der Waals surface area (Å²) in [7, 11) is 4.15. The average molecular weight is 249 g/mol. The molecule has 2 heterocycles. The van der Waals surface area contributed by atoms with Crippen LogP contribution < -0.4 is 10.6 Å². The highest BCUT2D eigenvalue weighted by Gasteiger charge is 2.22. The fraction of sp³-hybridized carbons (Fsp3) is 0.692. The number of likely N-dealkylation sites (tertiary alicyclic amines) is 1. The minimum Gasteiger partial charge on any atom is -0.357 e. The van der Waals surface area contributed by atoms with E-state index in [4.69, 9.17) is 5.73 Å². The van der Waals surface area contributed by atoms with Crippen LogP contribution in [0.4, 0.5) is 5.82 Å². The molecule has 1 fully saturated rings. The molecule has 0 aromatic carbocycles. The van der Waals surface area contributed by atoms with Gasteiger partial charge in [0, 0.05) is 32.1 Å². The Hall–Kier alpha value is -1.20. The SMILES string of the molecule is CC(N)CN(C)c1ccc(C2CCN(C)C2)nn1. The van der Waals surface area contributed by atoms with E-state index < -0.39 is 0 Å². The van der Waals surface area contributed by atoms with Gasteiger partial charge in [0.05, 0.1) is 5.69 Å². The van der Waals surface area contributed by atoms with E-state index in [0.29, 0.717) is 5.92 Å². The lowest BCUT2D eigenvalue weighted by molar-refractivity contribution is 0.410. The first-order valence-corrected chi connectivity index (χ1v) is 6.55. The number of nitrogens with zero attached hydrogens (tertiary/aromatic N) is 4. The highest BCUT2D eigenvalue weighted by atomic mass is 15.3. The summed E-state index contributed by atoms with van der Waals surface area (Å²) in [6.07, 6.45) is 1.18. The molecule has 0 radical (unpaired) electrons. The molecule has 5 nitrogen and oxygen atoms in total. The summed E-state index contributed by atoms with van der Waals surface area (Å²) < 4.78 is 0. The van der Waals surface area contributed by atoms with E-state index in [1.165, 1.54) is 6.42 Å². The van der Waals surface area contributed by atoms with E-state index >= 15 is 0 Å². The van der Waals surface area contributed by atoms with E-state index in [9.17, 15) is 0 Å². The Balaban J connectivity index is 2.01. The zero-order chi connectivity index (χ0) is 13.1. The van der Waals surface area contributed by atoms with Crippen LogP contribution in [0.1, 0.15) is 25.0 Å². The van der Waals surface area contributed by atoms with Crippen molar-refractivity contribution in [3.05, 3.63) is 17.8 Å². The first-order valence-electron chi connectivity index (χ1n) is 6.55. The third-order valence-corrected chi connectivity index (χ3v) is 3.43. The number of likely N-dealkylation sites (N-methyl/N-ethyl adjacent to an activating group) is 2. The molecule has 0 spiro atoms. The standard InChI is InChI=1S/C13H23N5/c1-10(14)8-18(3)13-5-4-12(15-16-13)11-6-7-17(2)9-11/h4-5,10-11H,6-9,14H2,1-3H3. The quantitative estimate of drug-likeness (QED) is 0.850. The minimum absolute atomic E-state index is 0.139. The number of hydrogen-bond donors (Lipinski definition) is 1. The van der Waals surface area contributed by atoms with Gasteiger partial charge in [-0.05, 0) is 39.1 Å². The van der Waals surface area contributed by atoms with Crippen LogP contribution in [0.3, 0.4) is 0 Å². The fourth-order valence-corrected chi connectivity index (χ4v) is 2.46. The molecule has 0 aliphatic carbocycles. The second-order valence-electron chi connectivity index (χ2n) is 5.42. The Kier molecular flexibility index (Phi) is 4.14. The normalized spacial score (nSPS) is 22.1. The molecule has 1 aliphatic heterocycles. The van der Waals surface area contributed by atoms with Gasteiger partial charge in [-0.1, -0.05) is 0 Å². The van der Waals surface area contributed by atoms with Crippen LogP contribution in [0.5, 0.6) is 0 Å². The molecule has 1 saturated heterocycles. The largest absolute Gasteiger partial charge is 0.357 e. The molecule has 18 heavy (non-hydrogen) atoms. The van der Waals surface area contributed by atoms with Crippen LogP contribution in [0.15, 0.2) is 12.1 Å². The third kappa shape index (κ3) is 3.17. The number of aromatic nitrogens is 2. The molecule has 5 heteroatoms. The van der Waals surface area contributed by atoms with Crippen molar-refractivity contribution in [2.45, 2.75) is 25.3 Å². The molecule has 2 unspecified atom stereocenters. The topological polar surface area (TPSA) is 58.3 Å². The van der Waals surface area contributed by atoms with Gasteiger partial charge in [-0.15, -0.1) is 5.10 Å². The second-order valence-corrected chi connectivity index (χ2v) is 5.42. The molecule has 100 valence electrons. The van der Waals surface area contributed by atoms with Crippen molar-refractivity contribution in [2.75, 3.05) is 38.6 Å². The van der Waals surface area contributed by atoms with Crippen LogP contribution in [-0.2, 0) is 0 Å². The van der Waals surface area contributed by atoms with E-state index in [-0.39, 0.29) is 6.04 Å². The van der Waals surface area contributed by atoms with Crippen LogP contribution in [0.2, 0.25) is 0 Å². The van der Waals surface area contributed by atoms with E-state index in [1.807, 2.05) is 24.9 Å². The predicted octanol–water partition coefficient (Wildman–Crippen LogP) is 0.679. The van der Waals surface area contributed by atoms with Crippen LogP contribution in [0.25, 0.3) is 0 Å². The second kappa shape index (κ2) is 5.63. The summed E-state index contributed by atoms with van der Waals surface area (Å²) >= 11 is 0. The summed E-state index contributed by atoms with van der Waals surface area (Å²) in [5.74, 6) is 1.43. The van der Waals surface area contributed by atoms with Crippen molar-refractivity contribution < 1.29 is 0 Å². The maximum Gasteiger partial charge on any atom is 0.151 e. The molecule has 1 aromatic heterocycles. The smallest absolute Gasteiger partial charge is 0.151 e. The summed E-state index contributed by atoms with van der Waals surface area (Å²) in [6, 6.07) is 4.28. The van der Waals surface area contributed by atoms with Gasteiger partial charge >= 0.3 is 0 Å². The maximum atomic E-state index is 5.78. The average Bonchev–Trinajstić information content (AvgIpc) is 2.75. The van der Waals surface area contributed by atoms with Crippen molar-refractivity contribution in [2.24, 2.45) is 5.73 Å². The molecule has 2 atom stereocenters. The van der Waals surface area contributed by atoms with Gasteiger partial charge in [0.2, 0.25) is 0 Å². The minimum atomic E-state index is 0.139. The van der Waals surface area contributed by atoms with E-state index in [2.05, 4.69) is 28.2 Å². The third-order valence-electron chi connectivity index (χ3n) is 3.43. The first kappa shape index (κ1) is 13.2. The Labute approximate surface area is 109 Å². The molecule has 0 amide bonds. The van der Waals surface area contributed by atoms with Gasteiger partial charge in [-0.3, -0.25) is 0 Å². The van der Waals surface area contributed by atoms with Gasteiger partial charge in [0.15, 0.2) is 5.82 Å². The number of anilines is 1. The molecular weight excluding hydrogens is 226 g/mol. The molecule has 2 rings (SSSR count). The number of hydrogen-bond acceptors (Lipinski definition) is 5. The number of nitrogens with two attached hydrogens (primary N) is 1. The number of rotatable bonds is 4. The highest BCUT2D eigenvalue weighted by molar-refractivity contribution is 5.36. The summed E-state index contributed by atoms with van der Waals surface area (Å²) in [4.78, 5) is 4.38. The molecule has 2 N–H and O–H groups in total. The van der Waals surface area contributed by atoms with Gasteiger partial charge in [0.25, 0.3) is 0 Å². The van der Waals surface area contributed by atoms with Gasteiger partial charge in [-0.25, -0.2) is 0 Å². The van der Waals surface area contributed by atoms with Crippen molar-refractivity contribution in [1.29, 1.82) is 0 Å². The Morgan fingerprint density at radius 3 is 2.78 bits per heavy atom. The molecule has 0 bridgehead atoms. The lowest BCUT2D eigenvalue weighted by Gasteiger charge is -2.20. The first-order chi connectivity index (χ1) is 8.56. The van der Waals surface area contributed by atoms with Gasteiger partial charge in [0.1, 0.15) is 0 Å². The van der Waals surface area contributed by atoms with Crippen molar-refractivity contribution in [3.8, 4) is 0 Å². The van der Waals surface area contributed by atoms with Crippen LogP contribution in [-0.4, -0.2) is 54.9 Å². The highest BCUT2D eigenvalue weighted by Crippen LogP contribution is 2.24. The summed E-state index contributed by atoms with van der Waals surface area (Å²) in [6.45, 7) is 5.02. The zero-order valence-electron chi connectivity index (χ0n) is 11.5. The molecular formula is C13H23N5. The van der Waals surface area contributed by atoms with Crippen LogP contribution >= 0.6 is 0 Å². The summed E-state index contributed by atoms with van der Waals surface area (Å²) in [5, 5.41) is 8.67. The molecule has 1 aliphatic rings. The predicted molar refractivity (Wildman–Crippen MR) is 73.8 cm³/mol. The van der Waals surface area contributed by atoms with Crippen molar-refractivity contribution in [1.82, 2.24) is 15.1 Å². The van der Waals surface area contributed by atoms with Gasteiger partial charge < -0.3 is 15.5 Å². The van der Waals surface area contributed by atoms with Gasteiger partial charge in [-0.2, -0.15) is 5.10 Å². The van der Waals surface area contributed by atoms with Crippen molar-refractivity contribution >= 4 is 5.82 Å². The molecule has 1 aromatic rings. The zero-order valence-corrected chi connectivity index (χ0v) is 11.5. The van der Waals surface area contributed by atoms with Crippen LogP contribution in [0, 0.1) is 0 Å². The van der Waals surface area contributed by atoms with E-state index in [0.717, 1.165) is 31.1 Å². The summed E-state index contributed by atoms with van der Waals surface area (Å²) in [5.41, 5.74) is 6.89. The maximum absolute atomic E-state index is 5.78. The molecule has 0 saturated carbocycles. The Morgan fingerprint density at radius 1 is 1.50 bits per heavy atom. The van der Waals surface area contributed by atoms with E-state index in [1.54, 1.807) is 0 Å². The van der Waals surface area contributed by atoms with Crippen molar-refractivity contribution in [3.63, 3.8) is 0 Å². The Bertz CT molecular complexity index is 375. The lowest BCUT2D eigenvalue weighted by atomic mass is 10.1. The monoisotopic (exact) mass is 249 g/mol.